The zero-order chi connectivity index (χ0) is 20.6. The Balaban J connectivity index is 1.54. The number of hydrogen-bond donors (Lipinski definition) is 3. The van der Waals surface area contributed by atoms with Crippen LogP contribution in [0, 0.1) is 0 Å². The molecule has 1 aliphatic carbocycles. The molecule has 1 amide bonds. The Hall–Kier alpha value is -3.16. The number of hydrogen-bond acceptors (Lipinski definition) is 6. The van der Waals surface area contributed by atoms with Crippen LogP contribution in [-0.2, 0) is 0 Å². The molecule has 2 heterocycles. The van der Waals surface area contributed by atoms with Crippen molar-refractivity contribution in [2.75, 3.05) is 5.73 Å². The zero-order valence-corrected chi connectivity index (χ0v) is 16.6. The molecule has 0 unspecified atom stereocenters. The number of aromatic nitrogens is 2. The van der Waals surface area contributed by atoms with Crippen molar-refractivity contribution < 1.29 is 14.6 Å². The van der Waals surface area contributed by atoms with E-state index in [9.17, 15) is 4.79 Å². The van der Waals surface area contributed by atoms with Gasteiger partial charge in [0.25, 0.3) is 0 Å². The normalized spacial score (nSPS) is 22.8. The van der Waals surface area contributed by atoms with Crippen LogP contribution in [0.15, 0.2) is 35.6 Å². The third-order valence-electron chi connectivity index (χ3n) is 5.67. The predicted molar refractivity (Wildman–Crippen MR) is 110 cm³/mol. The number of fused-ring (bicyclic) bond motifs is 1. The first kappa shape index (κ1) is 19.2. The molecular weight excluding hydrogens is 370 g/mol. The van der Waals surface area contributed by atoms with E-state index < -0.39 is 11.7 Å². The summed E-state index contributed by atoms with van der Waals surface area (Å²) in [5.41, 5.74) is 8.79. The molecular formula is C21H25N5O3. The topological polar surface area (TPSA) is 123 Å². The van der Waals surface area contributed by atoms with Crippen molar-refractivity contribution in [1.29, 1.82) is 0 Å². The van der Waals surface area contributed by atoms with Crippen LogP contribution in [0.1, 0.15) is 56.6 Å². The maximum atomic E-state index is 10.8. The number of nitrogens with zero attached hydrogens (tertiary/aromatic N) is 3. The lowest BCUT2D eigenvalue weighted by Crippen LogP contribution is -2.41. The SMILES string of the molecule is CC1(C)Oc2ncnc(N)c2N=C1c1ccc(C2CCC(NC(=O)O)CC2)cc1. The number of carboxylic acid groups (broad SMARTS) is 1. The van der Waals surface area contributed by atoms with Gasteiger partial charge in [-0.05, 0) is 51.0 Å². The highest BCUT2D eigenvalue weighted by Crippen LogP contribution is 2.39. The molecule has 8 heteroatoms. The van der Waals surface area contributed by atoms with Gasteiger partial charge >= 0.3 is 6.09 Å². The molecule has 1 aromatic carbocycles. The van der Waals surface area contributed by atoms with Crippen molar-refractivity contribution in [3.05, 3.63) is 41.7 Å². The second kappa shape index (κ2) is 7.35. The molecule has 0 atom stereocenters. The molecule has 2 aromatic rings. The van der Waals surface area contributed by atoms with Gasteiger partial charge in [0.1, 0.15) is 11.9 Å². The summed E-state index contributed by atoms with van der Waals surface area (Å²) in [5.74, 6) is 1.14. The van der Waals surface area contributed by atoms with Crippen LogP contribution in [0.5, 0.6) is 5.88 Å². The minimum atomic E-state index is -0.941. The van der Waals surface area contributed by atoms with Crippen LogP contribution in [0.3, 0.4) is 0 Å². The summed E-state index contributed by atoms with van der Waals surface area (Å²) < 4.78 is 6.04. The lowest BCUT2D eigenvalue weighted by molar-refractivity contribution is 0.171. The first-order valence-electron chi connectivity index (χ1n) is 9.82. The van der Waals surface area contributed by atoms with Gasteiger partial charge in [-0.3, -0.25) is 0 Å². The second-order valence-electron chi connectivity index (χ2n) is 8.11. The molecule has 2 aliphatic rings. The summed E-state index contributed by atoms with van der Waals surface area (Å²) in [7, 11) is 0. The van der Waals surface area contributed by atoms with Crippen LogP contribution in [0.2, 0.25) is 0 Å². The Labute approximate surface area is 169 Å². The Morgan fingerprint density at radius 2 is 1.86 bits per heavy atom. The number of carbonyl (C=O) groups is 1. The summed E-state index contributed by atoms with van der Waals surface area (Å²) in [4.78, 5) is 23.7. The summed E-state index contributed by atoms with van der Waals surface area (Å²) >= 11 is 0. The van der Waals surface area contributed by atoms with E-state index in [1.165, 1.54) is 11.9 Å². The van der Waals surface area contributed by atoms with Crippen LogP contribution >= 0.6 is 0 Å². The number of nitrogen functional groups attached to an aromatic ring is 1. The van der Waals surface area contributed by atoms with Crippen LogP contribution < -0.4 is 15.8 Å². The summed E-state index contributed by atoms with van der Waals surface area (Å²) in [6, 6.07) is 8.44. The first-order chi connectivity index (χ1) is 13.8. The predicted octanol–water partition coefficient (Wildman–Crippen LogP) is 3.64. The highest BCUT2D eigenvalue weighted by Gasteiger charge is 2.35. The average molecular weight is 395 g/mol. The maximum Gasteiger partial charge on any atom is 0.404 e. The number of amides is 1. The summed E-state index contributed by atoms with van der Waals surface area (Å²) in [6.07, 6.45) is 4.11. The van der Waals surface area contributed by atoms with Crippen molar-refractivity contribution in [3.63, 3.8) is 0 Å². The Bertz CT molecular complexity index is 947. The van der Waals surface area contributed by atoms with Gasteiger partial charge in [-0.15, -0.1) is 0 Å². The molecule has 4 rings (SSSR count). The van der Waals surface area contributed by atoms with Crippen molar-refractivity contribution in [1.82, 2.24) is 15.3 Å². The number of nitrogens with one attached hydrogen (secondary N) is 1. The van der Waals surface area contributed by atoms with Crippen molar-refractivity contribution in [2.24, 2.45) is 4.99 Å². The quantitative estimate of drug-likeness (QED) is 0.729. The van der Waals surface area contributed by atoms with Crippen LogP contribution in [-0.4, -0.2) is 38.5 Å². The van der Waals surface area contributed by atoms with Crippen molar-refractivity contribution in [2.45, 2.75) is 57.1 Å². The third-order valence-corrected chi connectivity index (χ3v) is 5.67. The fraction of sp³-hybridized carbons (Fsp3) is 0.429. The summed E-state index contributed by atoms with van der Waals surface area (Å²) in [5, 5.41) is 11.5. The average Bonchev–Trinajstić information content (AvgIpc) is 2.67. The molecule has 1 saturated carbocycles. The largest absolute Gasteiger partial charge is 0.465 e. The molecule has 1 fully saturated rings. The minimum Gasteiger partial charge on any atom is -0.465 e. The number of nitrogens with two attached hydrogens (primary N) is 1. The Kier molecular flexibility index (Phi) is 4.86. The van der Waals surface area contributed by atoms with Gasteiger partial charge in [-0.1, -0.05) is 24.3 Å². The lowest BCUT2D eigenvalue weighted by atomic mass is 9.81. The lowest BCUT2D eigenvalue weighted by Gasteiger charge is -2.32. The molecule has 0 radical (unpaired) electrons. The van der Waals surface area contributed by atoms with E-state index in [0.717, 1.165) is 37.0 Å². The van der Waals surface area contributed by atoms with E-state index in [0.29, 0.717) is 23.3 Å². The van der Waals surface area contributed by atoms with E-state index in [2.05, 4.69) is 39.6 Å². The van der Waals surface area contributed by atoms with Gasteiger partial charge in [-0.25, -0.2) is 14.8 Å². The monoisotopic (exact) mass is 395 g/mol. The number of aliphatic imine (C=N–C) groups is 1. The highest BCUT2D eigenvalue weighted by molar-refractivity contribution is 6.09. The fourth-order valence-corrected chi connectivity index (χ4v) is 4.16. The molecule has 29 heavy (non-hydrogen) atoms. The third kappa shape index (κ3) is 3.87. The van der Waals surface area contributed by atoms with E-state index in [1.54, 1.807) is 0 Å². The van der Waals surface area contributed by atoms with Crippen LogP contribution in [0.4, 0.5) is 16.3 Å². The van der Waals surface area contributed by atoms with E-state index in [4.69, 9.17) is 20.6 Å². The first-order valence-corrected chi connectivity index (χ1v) is 9.82. The highest BCUT2D eigenvalue weighted by atomic mass is 16.5. The minimum absolute atomic E-state index is 0.0605. The van der Waals surface area contributed by atoms with Gasteiger partial charge in [0.2, 0.25) is 5.88 Å². The molecule has 4 N–H and O–H groups in total. The molecule has 1 aromatic heterocycles. The molecule has 0 bridgehead atoms. The summed E-state index contributed by atoms with van der Waals surface area (Å²) in [6.45, 7) is 3.91. The number of rotatable bonds is 3. The number of benzene rings is 1. The molecule has 0 saturated heterocycles. The molecule has 152 valence electrons. The Morgan fingerprint density at radius 3 is 2.52 bits per heavy atom. The van der Waals surface area contributed by atoms with Gasteiger partial charge in [0.05, 0.1) is 5.71 Å². The van der Waals surface area contributed by atoms with E-state index in [-0.39, 0.29) is 6.04 Å². The maximum absolute atomic E-state index is 10.8. The van der Waals surface area contributed by atoms with Crippen molar-refractivity contribution >= 4 is 23.3 Å². The number of ether oxygens (including phenoxy) is 1. The van der Waals surface area contributed by atoms with Crippen molar-refractivity contribution in [3.8, 4) is 5.88 Å². The second-order valence-corrected chi connectivity index (χ2v) is 8.11. The zero-order valence-electron chi connectivity index (χ0n) is 16.6. The number of anilines is 1. The van der Waals surface area contributed by atoms with Crippen LogP contribution in [0.25, 0.3) is 0 Å². The smallest absolute Gasteiger partial charge is 0.404 e. The Morgan fingerprint density at radius 1 is 1.17 bits per heavy atom. The van der Waals surface area contributed by atoms with E-state index >= 15 is 0 Å². The van der Waals surface area contributed by atoms with Gasteiger partial charge in [0, 0.05) is 11.6 Å². The molecule has 8 nitrogen and oxygen atoms in total. The van der Waals surface area contributed by atoms with E-state index in [1.807, 2.05) is 13.8 Å². The van der Waals surface area contributed by atoms with Gasteiger partial charge < -0.3 is 20.9 Å². The van der Waals surface area contributed by atoms with Gasteiger partial charge in [0.15, 0.2) is 11.5 Å². The molecule has 0 spiro atoms. The molecule has 1 aliphatic heterocycles. The standard InChI is InChI=1S/C21H25N5O3/c1-21(2)17(26-16-18(22)23-11-24-19(16)29-21)14-5-3-12(4-6-14)13-7-9-15(10-8-13)25-20(27)28/h3-6,11,13,15,25H,7-10H2,1-2H3,(H,27,28)(H2,22,23,24). The fourth-order valence-electron chi connectivity index (χ4n) is 4.16. The van der Waals surface area contributed by atoms with Gasteiger partial charge in [-0.2, -0.15) is 4.98 Å².